The summed E-state index contributed by atoms with van der Waals surface area (Å²) < 4.78 is 0. The molecule has 0 amide bonds. The lowest BCUT2D eigenvalue weighted by atomic mass is 10.3. The van der Waals surface area contributed by atoms with Gasteiger partial charge in [-0.1, -0.05) is 12.8 Å². The highest BCUT2D eigenvalue weighted by Crippen LogP contribution is 2.39. The monoisotopic (exact) mass is 246 g/mol. The van der Waals surface area contributed by atoms with Gasteiger partial charge in [0.25, 0.3) is 0 Å². The van der Waals surface area contributed by atoms with Crippen LogP contribution in [-0.2, 0) is 0 Å². The van der Waals surface area contributed by atoms with Crippen molar-refractivity contribution < 1.29 is 0 Å². The van der Waals surface area contributed by atoms with E-state index in [9.17, 15) is 0 Å². The number of anilines is 2. The minimum absolute atomic E-state index is 0.604. The van der Waals surface area contributed by atoms with E-state index < -0.39 is 0 Å². The molecule has 2 saturated carbocycles. The van der Waals surface area contributed by atoms with Gasteiger partial charge in [-0.2, -0.15) is 0 Å². The summed E-state index contributed by atoms with van der Waals surface area (Å²) in [7, 11) is 0. The molecule has 0 aliphatic heterocycles. The number of hydrogen-bond donors (Lipinski definition) is 2. The molecule has 0 aromatic carbocycles. The van der Waals surface area contributed by atoms with Crippen LogP contribution < -0.4 is 10.6 Å². The van der Waals surface area contributed by atoms with Crippen molar-refractivity contribution in [3.8, 4) is 0 Å². The zero-order valence-corrected chi connectivity index (χ0v) is 11.1. The quantitative estimate of drug-likeness (QED) is 0.776. The molecule has 1 aromatic heterocycles. The number of nitrogens with one attached hydrogen (secondary N) is 2. The zero-order chi connectivity index (χ0) is 12.4. The molecule has 2 aliphatic carbocycles. The maximum atomic E-state index is 4.63. The lowest BCUT2D eigenvalue weighted by Gasteiger charge is -2.10. The van der Waals surface area contributed by atoms with E-state index in [2.05, 4.69) is 27.5 Å². The predicted octanol–water partition coefficient (Wildman–Crippen LogP) is 3.00. The van der Waals surface area contributed by atoms with E-state index in [1.54, 1.807) is 0 Å². The molecule has 1 heterocycles. The summed E-state index contributed by atoms with van der Waals surface area (Å²) in [5.41, 5.74) is 0. The molecule has 98 valence electrons. The lowest BCUT2D eigenvalue weighted by molar-refractivity contribution is 0.756. The van der Waals surface area contributed by atoms with E-state index in [1.165, 1.54) is 32.1 Å². The Kier molecular flexibility index (Phi) is 3.35. The third-order valence-electron chi connectivity index (χ3n) is 3.60. The summed E-state index contributed by atoms with van der Waals surface area (Å²) in [6.07, 6.45) is 6.61. The Bertz CT molecular complexity index is 410. The fourth-order valence-electron chi connectivity index (χ4n) is 2.16. The molecule has 4 nitrogen and oxygen atoms in total. The molecule has 3 rings (SSSR count). The van der Waals surface area contributed by atoms with Crippen LogP contribution in [0.3, 0.4) is 0 Å². The van der Waals surface area contributed by atoms with E-state index in [4.69, 9.17) is 0 Å². The Balaban J connectivity index is 1.65. The molecule has 2 aliphatic rings. The molecule has 0 spiro atoms. The molecule has 0 saturated heterocycles. The van der Waals surface area contributed by atoms with Crippen molar-refractivity contribution in [2.45, 2.75) is 44.9 Å². The van der Waals surface area contributed by atoms with E-state index in [-0.39, 0.29) is 0 Å². The predicted molar refractivity (Wildman–Crippen MR) is 74.0 cm³/mol. The first-order valence-corrected chi connectivity index (χ1v) is 7.22. The minimum Gasteiger partial charge on any atom is -0.370 e. The molecule has 0 atom stereocenters. The highest BCUT2D eigenvalue weighted by molar-refractivity contribution is 5.48. The highest BCUT2D eigenvalue weighted by atomic mass is 15.1. The molecule has 4 heteroatoms. The van der Waals surface area contributed by atoms with Crippen LogP contribution in [0.2, 0.25) is 0 Å². The van der Waals surface area contributed by atoms with Crippen LogP contribution >= 0.6 is 0 Å². The smallest absolute Gasteiger partial charge is 0.136 e. The van der Waals surface area contributed by atoms with Gasteiger partial charge in [-0.15, -0.1) is 0 Å². The van der Waals surface area contributed by atoms with Gasteiger partial charge in [-0.25, -0.2) is 9.97 Å². The largest absolute Gasteiger partial charge is 0.370 e. The van der Waals surface area contributed by atoms with Gasteiger partial charge in [0.05, 0.1) is 0 Å². The first-order valence-electron chi connectivity index (χ1n) is 7.22. The summed E-state index contributed by atoms with van der Waals surface area (Å²) in [4.78, 5) is 9.21. The number of nitrogens with zero attached hydrogens (tertiary/aromatic N) is 2. The van der Waals surface area contributed by atoms with Crippen LogP contribution in [0.4, 0.5) is 11.6 Å². The van der Waals surface area contributed by atoms with Gasteiger partial charge in [-0.05, 0) is 32.1 Å². The maximum Gasteiger partial charge on any atom is 0.136 e. The van der Waals surface area contributed by atoms with Crippen LogP contribution in [0.1, 0.15) is 50.8 Å². The topological polar surface area (TPSA) is 49.8 Å². The minimum atomic E-state index is 0.604. The Labute approximate surface area is 109 Å². The van der Waals surface area contributed by atoms with Crippen LogP contribution in [0.5, 0.6) is 0 Å². The van der Waals surface area contributed by atoms with Gasteiger partial charge in [0.15, 0.2) is 0 Å². The maximum absolute atomic E-state index is 4.63. The molecule has 0 unspecified atom stereocenters. The van der Waals surface area contributed by atoms with Crippen LogP contribution in [0.15, 0.2) is 6.07 Å². The van der Waals surface area contributed by atoms with E-state index in [0.29, 0.717) is 5.92 Å². The standard InChI is InChI=1S/C14H22N4/c1-2-15-12-9-13(16-8-7-10-3-4-10)18-14(17-12)11-5-6-11/h9-11H,2-8H2,1H3,(H2,15,16,17,18). The fourth-order valence-corrected chi connectivity index (χ4v) is 2.16. The lowest BCUT2D eigenvalue weighted by Crippen LogP contribution is -2.09. The second kappa shape index (κ2) is 5.12. The van der Waals surface area contributed by atoms with E-state index >= 15 is 0 Å². The van der Waals surface area contributed by atoms with Crippen LogP contribution in [0.25, 0.3) is 0 Å². The third kappa shape index (κ3) is 3.12. The summed E-state index contributed by atoms with van der Waals surface area (Å²) >= 11 is 0. The zero-order valence-electron chi connectivity index (χ0n) is 11.1. The Hall–Kier alpha value is -1.32. The molecule has 18 heavy (non-hydrogen) atoms. The molecule has 1 aromatic rings. The normalized spacial score (nSPS) is 18.7. The summed E-state index contributed by atoms with van der Waals surface area (Å²) in [6, 6.07) is 2.03. The second-order valence-electron chi connectivity index (χ2n) is 5.46. The van der Waals surface area contributed by atoms with E-state index in [0.717, 1.165) is 36.5 Å². The molecule has 0 radical (unpaired) electrons. The van der Waals surface area contributed by atoms with Crippen molar-refractivity contribution >= 4 is 11.6 Å². The van der Waals surface area contributed by atoms with Crippen LogP contribution in [-0.4, -0.2) is 23.1 Å². The van der Waals surface area contributed by atoms with Gasteiger partial charge in [0.1, 0.15) is 17.5 Å². The molecule has 0 bridgehead atoms. The molecular formula is C14H22N4. The van der Waals surface area contributed by atoms with Crippen molar-refractivity contribution in [2.24, 2.45) is 5.92 Å². The number of aromatic nitrogens is 2. The fraction of sp³-hybridized carbons (Fsp3) is 0.714. The number of hydrogen-bond acceptors (Lipinski definition) is 4. The van der Waals surface area contributed by atoms with Crippen molar-refractivity contribution in [1.29, 1.82) is 0 Å². The van der Waals surface area contributed by atoms with Crippen LogP contribution in [0, 0.1) is 5.92 Å². The Morgan fingerprint density at radius 1 is 1.11 bits per heavy atom. The van der Waals surface area contributed by atoms with Gasteiger partial charge in [0.2, 0.25) is 0 Å². The third-order valence-corrected chi connectivity index (χ3v) is 3.60. The molecule has 2 fully saturated rings. The van der Waals surface area contributed by atoms with Crippen molar-refractivity contribution in [3.05, 3.63) is 11.9 Å². The van der Waals surface area contributed by atoms with E-state index in [1.807, 2.05) is 6.07 Å². The average molecular weight is 246 g/mol. The van der Waals surface area contributed by atoms with Crippen molar-refractivity contribution in [2.75, 3.05) is 23.7 Å². The first kappa shape index (κ1) is 11.8. The summed E-state index contributed by atoms with van der Waals surface area (Å²) in [6.45, 7) is 4.04. The van der Waals surface area contributed by atoms with Crippen molar-refractivity contribution in [1.82, 2.24) is 9.97 Å². The Morgan fingerprint density at radius 3 is 2.44 bits per heavy atom. The highest BCUT2D eigenvalue weighted by Gasteiger charge is 2.27. The SMILES string of the molecule is CCNc1cc(NCCC2CC2)nc(C2CC2)n1. The number of rotatable bonds is 7. The molecular weight excluding hydrogens is 224 g/mol. The second-order valence-corrected chi connectivity index (χ2v) is 5.46. The average Bonchev–Trinajstić information content (AvgIpc) is 3.23. The van der Waals surface area contributed by atoms with Gasteiger partial charge >= 0.3 is 0 Å². The Morgan fingerprint density at radius 2 is 1.83 bits per heavy atom. The molecule has 2 N–H and O–H groups in total. The summed E-state index contributed by atoms with van der Waals surface area (Å²) in [5, 5.41) is 6.74. The van der Waals surface area contributed by atoms with Crippen molar-refractivity contribution in [3.63, 3.8) is 0 Å². The summed E-state index contributed by atoms with van der Waals surface area (Å²) in [5.74, 6) is 4.54. The van der Waals surface area contributed by atoms with Gasteiger partial charge in [0, 0.05) is 25.1 Å². The first-order chi connectivity index (χ1) is 8.85. The van der Waals surface area contributed by atoms with Gasteiger partial charge < -0.3 is 10.6 Å². The van der Waals surface area contributed by atoms with Gasteiger partial charge in [-0.3, -0.25) is 0 Å².